The molecule has 8 nitrogen and oxygen atoms in total. The average Bonchev–Trinajstić information content (AvgIpc) is 3.04. The Kier molecular flexibility index (Phi) is 5.79. The van der Waals surface area contributed by atoms with E-state index in [2.05, 4.69) is 10.5 Å². The minimum atomic E-state index is -0.817. The number of nitrogens with zero attached hydrogens (tertiary/aromatic N) is 3. The van der Waals surface area contributed by atoms with Crippen molar-refractivity contribution in [3.05, 3.63) is 18.0 Å². The first-order chi connectivity index (χ1) is 10.7. The molecule has 1 aromatic heterocycles. The molecule has 1 aromatic rings. The second-order valence-corrected chi connectivity index (χ2v) is 5.10. The Labute approximate surface area is 129 Å². The van der Waals surface area contributed by atoms with E-state index in [9.17, 15) is 4.79 Å². The summed E-state index contributed by atoms with van der Waals surface area (Å²) in [5.74, 6) is 3.96. The van der Waals surface area contributed by atoms with Crippen LogP contribution in [0.3, 0.4) is 0 Å². The number of hydrazine groups is 1. The number of carbonyl (C=O) groups is 1. The van der Waals surface area contributed by atoms with Crippen LogP contribution in [0.5, 0.6) is 0 Å². The molecule has 0 bridgehead atoms. The van der Waals surface area contributed by atoms with Gasteiger partial charge in [-0.1, -0.05) is 0 Å². The molecule has 2 rings (SSSR count). The summed E-state index contributed by atoms with van der Waals surface area (Å²) in [6, 6.07) is 0.0850. The Morgan fingerprint density at radius 1 is 1.68 bits per heavy atom. The SMILES string of the molecule is CCn1cc(C(=NC2CCOCC2)C(C=N)C(=O)NN)cn1. The van der Waals surface area contributed by atoms with Crippen molar-refractivity contribution >= 4 is 17.8 Å². The van der Waals surface area contributed by atoms with Crippen molar-refractivity contribution in [1.29, 1.82) is 5.41 Å². The zero-order valence-electron chi connectivity index (χ0n) is 12.7. The lowest BCUT2D eigenvalue weighted by Crippen LogP contribution is -2.41. The van der Waals surface area contributed by atoms with E-state index in [-0.39, 0.29) is 6.04 Å². The van der Waals surface area contributed by atoms with Gasteiger partial charge in [-0.15, -0.1) is 0 Å². The lowest BCUT2D eigenvalue weighted by atomic mass is 9.98. The standard InChI is InChI=1S/C14H22N6O2/c1-2-20-9-10(8-17-20)13(12(7-15)14(21)19-16)18-11-3-5-22-6-4-11/h7-9,11-12,15H,2-6,16H2,1H3,(H,19,21). The summed E-state index contributed by atoms with van der Waals surface area (Å²) >= 11 is 0. The molecule has 1 unspecified atom stereocenters. The van der Waals surface area contributed by atoms with Crippen LogP contribution in [0, 0.1) is 11.3 Å². The number of hydrogen-bond acceptors (Lipinski definition) is 6. The van der Waals surface area contributed by atoms with Crippen LogP contribution >= 0.6 is 0 Å². The largest absolute Gasteiger partial charge is 0.381 e. The van der Waals surface area contributed by atoms with E-state index in [4.69, 9.17) is 21.0 Å². The normalized spacial score (nSPS) is 18.0. The third-order valence-corrected chi connectivity index (χ3v) is 3.65. The smallest absolute Gasteiger partial charge is 0.248 e. The minimum Gasteiger partial charge on any atom is -0.381 e. The zero-order chi connectivity index (χ0) is 15.9. The highest BCUT2D eigenvalue weighted by Crippen LogP contribution is 2.16. The first kappa shape index (κ1) is 16.3. The summed E-state index contributed by atoms with van der Waals surface area (Å²) in [5.41, 5.74) is 3.37. The third kappa shape index (κ3) is 3.77. The molecule has 0 aliphatic carbocycles. The quantitative estimate of drug-likeness (QED) is 0.299. The van der Waals surface area contributed by atoms with Crippen LogP contribution in [-0.4, -0.2) is 46.9 Å². The molecular formula is C14H22N6O2. The van der Waals surface area contributed by atoms with Crippen LogP contribution in [0.25, 0.3) is 0 Å². The van der Waals surface area contributed by atoms with Crippen LogP contribution in [0.15, 0.2) is 17.4 Å². The predicted octanol–water partition coefficient (Wildman–Crippen LogP) is 0.127. The fraction of sp³-hybridized carbons (Fsp3) is 0.571. The maximum absolute atomic E-state index is 12.0. The molecule has 1 aliphatic heterocycles. The number of nitrogens with one attached hydrogen (secondary N) is 2. The molecule has 4 N–H and O–H groups in total. The molecule has 0 saturated carbocycles. The summed E-state index contributed by atoms with van der Waals surface area (Å²) in [4.78, 5) is 16.7. The van der Waals surface area contributed by atoms with E-state index in [1.54, 1.807) is 10.9 Å². The Morgan fingerprint density at radius 2 is 2.41 bits per heavy atom. The lowest BCUT2D eigenvalue weighted by molar-refractivity contribution is -0.121. The van der Waals surface area contributed by atoms with E-state index in [1.165, 1.54) is 0 Å². The number of nitrogens with two attached hydrogens (primary N) is 1. The Balaban J connectivity index is 2.35. The monoisotopic (exact) mass is 306 g/mol. The number of aryl methyl sites for hydroxylation is 1. The molecular weight excluding hydrogens is 284 g/mol. The van der Waals surface area contributed by atoms with Gasteiger partial charge in [-0.2, -0.15) is 5.10 Å². The first-order valence-electron chi connectivity index (χ1n) is 7.38. The predicted molar refractivity (Wildman–Crippen MR) is 82.9 cm³/mol. The molecule has 1 amide bonds. The van der Waals surface area contributed by atoms with Crippen LogP contribution in [0.2, 0.25) is 0 Å². The van der Waals surface area contributed by atoms with E-state index in [1.807, 2.05) is 13.1 Å². The number of aromatic nitrogens is 2. The molecule has 1 atom stereocenters. The number of carbonyl (C=O) groups excluding carboxylic acids is 1. The summed E-state index contributed by atoms with van der Waals surface area (Å²) in [5, 5.41) is 11.8. The van der Waals surface area contributed by atoms with Gasteiger partial charge in [0.25, 0.3) is 0 Å². The maximum atomic E-state index is 12.0. The third-order valence-electron chi connectivity index (χ3n) is 3.65. The molecule has 1 saturated heterocycles. The van der Waals surface area contributed by atoms with Crippen molar-refractivity contribution in [1.82, 2.24) is 15.2 Å². The molecule has 120 valence electrons. The molecule has 22 heavy (non-hydrogen) atoms. The summed E-state index contributed by atoms with van der Waals surface area (Å²) in [7, 11) is 0. The molecule has 1 fully saturated rings. The summed E-state index contributed by atoms with van der Waals surface area (Å²) in [6.45, 7) is 4.03. The minimum absolute atomic E-state index is 0.0850. The molecule has 2 heterocycles. The van der Waals surface area contributed by atoms with Gasteiger partial charge in [-0.25, -0.2) is 5.84 Å². The van der Waals surface area contributed by atoms with Crippen molar-refractivity contribution < 1.29 is 9.53 Å². The van der Waals surface area contributed by atoms with Crippen molar-refractivity contribution in [3.63, 3.8) is 0 Å². The topological polar surface area (TPSA) is 118 Å². The first-order valence-corrected chi connectivity index (χ1v) is 7.38. The summed E-state index contributed by atoms with van der Waals surface area (Å²) in [6.07, 6.45) is 6.17. The molecule has 8 heteroatoms. The fourth-order valence-corrected chi connectivity index (χ4v) is 2.38. The van der Waals surface area contributed by atoms with Crippen LogP contribution in [0.4, 0.5) is 0 Å². The van der Waals surface area contributed by atoms with Gasteiger partial charge in [-0.05, 0) is 19.8 Å². The van der Waals surface area contributed by atoms with Crippen molar-refractivity contribution in [3.8, 4) is 0 Å². The molecule has 0 aromatic carbocycles. The summed E-state index contributed by atoms with van der Waals surface area (Å²) < 4.78 is 7.09. The van der Waals surface area contributed by atoms with Gasteiger partial charge in [-0.3, -0.25) is 19.9 Å². The molecule has 0 radical (unpaired) electrons. The highest BCUT2D eigenvalue weighted by molar-refractivity contribution is 6.21. The number of rotatable bonds is 6. The lowest BCUT2D eigenvalue weighted by Gasteiger charge is -2.21. The van der Waals surface area contributed by atoms with Gasteiger partial charge in [0.1, 0.15) is 5.92 Å². The second-order valence-electron chi connectivity index (χ2n) is 5.10. The highest BCUT2D eigenvalue weighted by Gasteiger charge is 2.26. The van der Waals surface area contributed by atoms with E-state index in [0.717, 1.165) is 31.2 Å². The number of ether oxygens (including phenoxy) is 1. The van der Waals surface area contributed by atoms with Crippen LogP contribution in [0.1, 0.15) is 25.3 Å². The highest BCUT2D eigenvalue weighted by atomic mass is 16.5. The zero-order valence-corrected chi connectivity index (χ0v) is 12.7. The van der Waals surface area contributed by atoms with Crippen molar-refractivity contribution in [2.75, 3.05) is 13.2 Å². The Hall–Kier alpha value is -2.06. The van der Waals surface area contributed by atoms with Gasteiger partial charge in [0.15, 0.2) is 0 Å². The van der Waals surface area contributed by atoms with Gasteiger partial charge >= 0.3 is 0 Å². The second kappa shape index (κ2) is 7.81. The van der Waals surface area contributed by atoms with Gasteiger partial charge in [0, 0.05) is 37.7 Å². The number of amides is 1. The van der Waals surface area contributed by atoms with Crippen LogP contribution in [-0.2, 0) is 16.1 Å². The van der Waals surface area contributed by atoms with E-state index >= 15 is 0 Å². The Bertz CT molecular complexity index is 547. The average molecular weight is 306 g/mol. The number of hydrogen-bond donors (Lipinski definition) is 3. The van der Waals surface area contributed by atoms with Gasteiger partial charge in [0.05, 0.1) is 18.0 Å². The van der Waals surface area contributed by atoms with Crippen molar-refractivity contribution in [2.45, 2.75) is 32.4 Å². The van der Waals surface area contributed by atoms with Crippen molar-refractivity contribution in [2.24, 2.45) is 16.8 Å². The van der Waals surface area contributed by atoms with E-state index in [0.29, 0.717) is 18.9 Å². The fourth-order valence-electron chi connectivity index (χ4n) is 2.38. The Morgan fingerprint density at radius 3 is 2.95 bits per heavy atom. The molecule has 1 aliphatic rings. The van der Waals surface area contributed by atoms with Gasteiger partial charge < -0.3 is 10.1 Å². The van der Waals surface area contributed by atoms with Crippen LogP contribution < -0.4 is 11.3 Å². The maximum Gasteiger partial charge on any atom is 0.248 e. The van der Waals surface area contributed by atoms with Gasteiger partial charge in [0.2, 0.25) is 5.91 Å². The number of aliphatic imine (C=N–C) groups is 1. The molecule has 0 spiro atoms. The van der Waals surface area contributed by atoms with E-state index < -0.39 is 11.8 Å².